The Kier molecular flexibility index (Phi) is 11.4. The molecule has 0 saturated carbocycles. The molecule has 0 spiro atoms. The number of esters is 2. The molecule has 1 atom stereocenters. The third kappa shape index (κ3) is 5.73. The summed E-state index contributed by atoms with van der Waals surface area (Å²) in [6, 6.07) is 0. The van der Waals surface area contributed by atoms with Gasteiger partial charge in [0, 0.05) is 0 Å². The van der Waals surface area contributed by atoms with Crippen LogP contribution in [0.25, 0.3) is 0 Å². The first-order valence-electron chi connectivity index (χ1n) is 11.3. The maximum Gasteiger partial charge on any atom is 0.313 e. The van der Waals surface area contributed by atoms with E-state index in [9.17, 15) is 9.59 Å². The molecule has 4 nitrogen and oxygen atoms in total. The molecule has 166 valence electrons. The van der Waals surface area contributed by atoms with Gasteiger partial charge in [-0.15, -0.1) is 0 Å². The normalized spacial score (nSPS) is 14.6. The predicted octanol–water partition coefficient (Wildman–Crippen LogP) is 6.27. The Morgan fingerprint density at radius 1 is 0.714 bits per heavy atom. The molecule has 0 N–H and O–H groups in total. The van der Waals surface area contributed by atoms with Crippen molar-refractivity contribution in [2.45, 2.75) is 94.9 Å². The quantitative estimate of drug-likeness (QED) is 0.343. The second-order valence-corrected chi connectivity index (χ2v) is 9.29. The Morgan fingerprint density at radius 2 is 1.14 bits per heavy atom. The molecule has 1 unspecified atom stereocenters. The van der Waals surface area contributed by atoms with E-state index >= 15 is 0 Å². The van der Waals surface area contributed by atoms with Gasteiger partial charge in [0.05, 0.1) is 24.0 Å². The van der Waals surface area contributed by atoms with Crippen molar-refractivity contribution in [1.82, 2.24) is 0 Å². The van der Waals surface area contributed by atoms with Crippen LogP contribution in [0.15, 0.2) is 0 Å². The number of hydrogen-bond donors (Lipinski definition) is 0. The Balaban J connectivity index is 6.12. The molecule has 0 heterocycles. The number of ether oxygens (including phenoxy) is 2. The summed E-state index contributed by atoms with van der Waals surface area (Å²) in [5, 5.41) is 0. The summed E-state index contributed by atoms with van der Waals surface area (Å²) >= 11 is 0. The van der Waals surface area contributed by atoms with Crippen molar-refractivity contribution in [3.05, 3.63) is 0 Å². The molecule has 0 aliphatic rings. The van der Waals surface area contributed by atoms with Crippen LogP contribution >= 0.6 is 0 Å². The highest BCUT2D eigenvalue weighted by molar-refractivity contribution is 5.88. The fourth-order valence-electron chi connectivity index (χ4n) is 4.94. The van der Waals surface area contributed by atoms with Gasteiger partial charge in [-0.3, -0.25) is 9.59 Å². The van der Waals surface area contributed by atoms with Gasteiger partial charge in [0.25, 0.3) is 0 Å². The first-order chi connectivity index (χ1) is 13.0. The lowest BCUT2D eigenvalue weighted by Crippen LogP contribution is -2.54. The van der Waals surface area contributed by atoms with Gasteiger partial charge >= 0.3 is 11.9 Å². The Morgan fingerprint density at radius 3 is 1.46 bits per heavy atom. The maximum atomic E-state index is 13.6. The highest BCUT2D eigenvalue weighted by Crippen LogP contribution is 2.53. The first kappa shape index (κ1) is 26.9. The van der Waals surface area contributed by atoms with Crippen molar-refractivity contribution in [3.63, 3.8) is 0 Å². The van der Waals surface area contributed by atoms with E-state index in [-0.39, 0.29) is 17.9 Å². The topological polar surface area (TPSA) is 52.6 Å². The van der Waals surface area contributed by atoms with Crippen LogP contribution in [0, 0.1) is 34.5 Å². The number of hydrogen-bond acceptors (Lipinski definition) is 4. The van der Waals surface area contributed by atoms with Gasteiger partial charge in [-0.25, -0.2) is 0 Å². The van der Waals surface area contributed by atoms with Crippen LogP contribution in [0.4, 0.5) is 0 Å². The minimum absolute atomic E-state index is 0.230. The van der Waals surface area contributed by atoms with Gasteiger partial charge in [-0.1, -0.05) is 62.3 Å². The summed E-state index contributed by atoms with van der Waals surface area (Å²) in [4.78, 5) is 26.8. The third-order valence-electron chi connectivity index (χ3n) is 6.66. The molecular formula is C24H46O4. The van der Waals surface area contributed by atoms with Crippen LogP contribution in [-0.2, 0) is 19.1 Å². The highest BCUT2D eigenvalue weighted by Gasteiger charge is 2.59. The molecule has 0 radical (unpaired) electrons. The molecule has 0 aliphatic heterocycles. The van der Waals surface area contributed by atoms with E-state index in [0.29, 0.717) is 56.7 Å². The van der Waals surface area contributed by atoms with Crippen LogP contribution < -0.4 is 0 Å². The van der Waals surface area contributed by atoms with E-state index in [4.69, 9.17) is 9.47 Å². The smallest absolute Gasteiger partial charge is 0.313 e. The number of carbonyl (C=O) groups is 2. The zero-order valence-electron chi connectivity index (χ0n) is 20.2. The number of carbonyl (C=O) groups excluding carboxylic acids is 2. The van der Waals surface area contributed by atoms with Crippen molar-refractivity contribution in [1.29, 1.82) is 0 Å². The van der Waals surface area contributed by atoms with Gasteiger partial charge in [0.2, 0.25) is 0 Å². The van der Waals surface area contributed by atoms with Crippen molar-refractivity contribution in [2.75, 3.05) is 13.2 Å². The zero-order valence-corrected chi connectivity index (χ0v) is 20.2. The summed E-state index contributed by atoms with van der Waals surface area (Å²) in [6.45, 7) is 21.4. The van der Waals surface area contributed by atoms with E-state index in [0.717, 1.165) is 0 Å². The molecule has 0 aliphatic carbocycles. The lowest BCUT2D eigenvalue weighted by Gasteiger charge is -2.47. The van der Waals surface area contributed by atoms with Gasteiger partial charge in [-0.05, 0) is 56.3 Å². The molecular weight excluding hydrogens is 352 g/mol. The Hall–Kier alpha value is -1.06. The third-order valence-corrected chi connectivity index (χ3v) is 6.66. The van der Waals surface area contributed by atoms with Crippen LogP contribution in [0.2, 0.25) is 0 Å². The van der Waals surface area contributed by atoms with Crippen molar-refractivity contribution in [2.24, 2.45) is 34.5 Å². The molecule has 0 aromatic heterocycles. The minimum Gasteiger partial charge on any atom is -0.466 e. The highest BCUT2D eigenvalue weighted by atomic mass is 16.5. The summed E-state index contributed by atoms with van der Waals surface area (Å²) in [5.74, 6) is 0.945. The van der Waals surface area contributed by atoms with Gasteiger partial charge in [0.15, 0.2) is 0 Å². The molecule has 0 rings (SSSR count). The Bertz CT molecular complexity index is 469. The minimum atomic E-state index is -0.866. The lowest BCUT2D eigenvalue weighted by molar-refractivity contribution is -0.187. The van der Waals surface area contributed by atoms with E-state index in [1.807, 2.05) is 27.7 Å². The number of rotatable bonds is 13. The lowest BCUT2D eigenvalue weighted by atomic mass is 9.56. The van der Waals surface area contributed by atoms with Gasteiger partial charge < -0.3 is 9.47 Å². The fraction of sp³-hybridized carbons (Fsp3) is 0.917. The Labute approximate surface area is 174 Å². The monoisotopic (exact) mass is 398 g/mol. The SMILES string of the molecule is CCOC(=O)C(CC)(CC)C(CC)(CC(C)C)C(=O)OCC(C(C)C)C(C)C. The van der Waals surface area contributed by atoms with Gasteiger partial charge in [0.1, 0.15) is 0 Å². The average molecular weight is 399 g/mol. The largest absolute Gasteiger partial charge is 0.466 e. The summed E-state index contributed by atoms with van der Waals surface area (Å²) < 4.78 is 11.5. The van der Waals surface area contributed by atoms with E-state index in [1.54, 1.807) is 0 Å². The van der Waals surface area contributed by atoms with E-state index < -0.39 is 10.8 Å². The zero-order chi connectivity index (χ0) is 22.1. The molecule has 0 amide bonds. The second-order valence-electron chi connectivity index (χ2n) is 9.29. The standard InChI is InChI=1S/C24H46O4/c1-11-23(12-2,21(25)27-14-4)24(13-3,15-17(5)6)22(26)28-16-20(18(7)8)19(9)10/h17-20H,11-16H2,1-10H3. The van der Waals surface area contributed by atoms with E-state index in [2.05, 4.69) is 41.5 Å². The molecule has 28 heavy (non-hydrogen) atoms. The van der Waals surface area contributed by atoms with Gasteiger partial charge in [-0.2, -0.15) is 0 Å². The molecule has 0 saturated heterocycles. The van der Waals surface area contributed by atoms with Crippen LogP contribution in [0.1, 0.15) is 94.9 Å². The van der Waals surface area contributed by atoms with Crippen LogP contribution in [0.5, 0.6) is 0 Å². The van der Waals surface area contributed by atoms with Crippen molar-refractivity contribution >= 4 is 11.9 Å². The summed E-state index contributed by atoms with van der Waals surface area (Å²) in [6.07, 6.45) is 2.32. The fourth-order valence-corrected chi connectivity index (χ4v) is 4.94. The molecule has 0 aromatic carbocycles. The predicted molar refractivity (Wildman–Crippen MR) is 116 cm³/mol. The van der Waals surface area contributed by atoms with Crippen molar-refractivity contribution in [3.8, 4) is 0 Å². The first-order valence-corrected chi connectivity index (χ1v) is 11.3. The second kappa shape index (κ2) is 11.8. The van der Waals surface area contributed by atoms with Crippen LogP contribution in [-0.4, -0.2) is 25.2 Å². The molecule has 0 aromatic rings. The average Bonchev–Trinajstić information content (AvgIpc) is 2.61. The van der Waals surface area contributed by atoms with Crippen molar-refractivity contribution < 1.29 is 19.1 Å². The van der Waals surface area contributed by atoms with Crippen LogP contribution in [0.3, 0.4) is 0 Å². The summed E-state index contributed by atoms with van der Waals surface area (Å²) in [5.41, 5.74) is -1.72. The summed E-state index contributed by atoms with van der Waals surface area (Å²) in [7, 11) is 0. The van der Waals surface area contributed by atoms with E-state index in [1.165, 1.54) is 0 Å². The maximum absolute atomic E-state index is 13.6. The molecule has 4 heteroatoms. The molecule has 0 fully saturated rings. The molecule has 0 bridgehead atoms.